The van der Waals surface area contributed by atoms with E-state index in [1.807, 2.05) is 0 Å². The van der Waals surface area contributed by atoms with Crippen LogP contribution in [0.5, 0.6) is 5.75 Å². The van der Waals surface area contributed by atoms with Crippen LogP contribution in [0, 0.1) is 13.8 Å². The van der Waals surface area contributed by atoms with Crippen LogP contribution in [0.15, 0.2) is 41.3 Å². The van der Waals surface area contributed by atoms with E-state index < -0.39 is 34.3 Å². The van der Waals surface area contributed by atoms with Crippen molar-refractivity contribution in [2.24, 2.45) is 5.14 Å². The van der Waals surface area contributed by atoms with Gasteiger partial charge in [-0.05, 0) is 55.3 Å². The van der Waals surface area contributed by atoms with Gasteiger partial charge in [-0.15, -0.1) is 0 Å². The maximum absolute atomic E-state index is 12.7. The molecule has 2 aromatic rings. The topological polar surface area (TPSA) is 98.5 Å². The fraction of sp³-hybridized carbons (Fsp3) is 0.235. The second-order valence-corrected chi connectivity index (χ2v) is 7.38. The number of aryl methyl sites for hydroxylation is 1. The van der Waals surface area contributed by atoms with Gasteiger partial charge < -0.3 is 10.1 Å². The number of rotatable bonds is 5. The molecule has 0 fully saturated rings. The average molecular weight is 402 g/mol. The Bertz CT molecular complexity index is 973. The number of ether oxygens (including phenoxy) is 1. The lowest BCUT2D eigenvalue weighted by atomic mass is 10.1. The van der Waals surface area contributed by atoms with Crippen LogP contribution in [-0.2, 0) is 21.0 Å². The number of sulfonamides is 1. The first-order valence-corrected chi connectivity index (χ1v) is 9.16. The van der Waals surface area contributed by atoms with Crippen molar-refractivity contribution in [3.63, 3.8) is 0 Å². The Balaban J connectivity index is 2.12. The zero-order chi connectivity index (χ0) is 20.4. The summed E-state index contributed by atoms with van der Waals surface area (Å²) in [5, 5.41) is 7.57. The van der Waals surface area contributed by atoms with Crippen LogP contribution in [0.4, 0.5) is 18.9 Å². The van der Waals surface area contributed by atoms with Crippen LogP contribution in [0.2, 0.25) is 0 Å². The number of anilines is 1. The number of carbonyl (C=O) groups excluding carboxylic acids is 1. The van der Waals surface area contributed by atoms with E-state index in [0.717, 1.165) is 12.1 Å². The van der Waals surface area contributed by atoms with Crippen molar-refractivity contribution in [3.05, 3.63) is 53.1 Å². The Kier molecular flexibility index (Phi) is 5.81. The van der Waals surface area contributed by atoms with Crippen molar-refractivity contribution >= 4 is 21.6 Å². The third-order valence-corrected chi connectivity index (χ3v) is 4.67. The van der Waals surface area contributed by atoms with E-state index in [9.17, 15) is 26.4 Å². The Hall–Kier alpha value is -2.59. The number of benzene rings is 2. The third-order valence-electron chi connectivity index (χ3n) is 3.77. The van der Waals surface area contributed by atoms with Crippen molar-refractivity contribution in [1.82, 2.24) is 0 Å². The third kappa shape index (κ3) is 5.44. The first-order chi connectivity index (χ1) is 12.4. The predicted octanol–water partition coefficient (Wildman–Crippen LogP) is 2.99. The summed E-state index contributed by atoms with van der Waals surface area (Å²) in [5.74, 6) is -0.785. The molecule has 6 nitrogen and oxygen atoms in total. The highest BCUT2D eigenvalue weighted by atomic mass is 32.2. The van der Waals surface area contributed by atoms with Gasteiger partial charge in [0.05, 0.1) is 10.5 Å². The lowest BCUT2D eigenvalue weighted by molar-refractivity contribution is -0.137. The minimum absolute atomic E-state index is 0.119. The molecule has 0 aromatic heterocycles. The summed E-state index contributed by atoms with van der Waals surface area (Å²) in [5.41, 5.74) is 0.537. The second-order valence-electron chi connectivity index (χ2n) is 5.82. The summed E-state index contributed by atoms with van der Waals surface area (Å²) < 4.78 is 66.1. The van der Waals surface area contributed by atoms with E-state index in [2.05, 4.69) is 5.32 Å². The average Bonchev–Trinajstić information content (AvgIpc) is 2.55. The van der Waals surface area contributed by atoms with Crippen LogP contribution >= 0.6 is 0 Å². The van der Waals surface area contributed by atoms with Crippen LogP contribution < -0.4 is 15.2 Å². The minimum atomic E-state index is -4.52. The summed E-state index contributed by atoms with van der Waals surface area (Å²) in [7, 11) is -3.96. The summed E-state index contributed by atoms with van der Waals surface area (Å²) in [6, 6.07) is 6.71. The van der Waals surface area contributed by atoms with Crippen molar-refractivity contribution in [3.8, 4) is 5.75 Å². The largest absolute Gasteiger partial charge is 0.484 e. The lowest BCUT2D eigenvalue weighted by Gasteiger charge is -2.13. The highest BCUT2D eigenvalue weighted by Crippen LogP contribution is 2.31. The number of nitrogens with one attached hydrogen (secondary N) is 1. The molecule has 0 atom stereocenters. The number of amides is 1. The van der Waals surface area contributed by atoms with Crippen LogP contribution in [0.1, 0.15) is 16.7 Å². The minimum Gasteiger partial charge on any atom is -0.484 e. The molecule has 0 aliphatic rings. The molecule has 27 heavy (non-hydrogen) atoms. The Morgan fingerprint density at radius 3 is 2.44 bits per heavy atom. The van der Waals surface area contributed by atoms with Gasteiger partial charge in [0.1, 0.15) is 5.75 Å². The molecule has 0 saturated heterocycles. The quantitative estimate of drug-likeness (QED) is 0.803. The monoisotopic (exact) mass is 402 g/mol. The number of hydrogen-bond donors (Lipinski definition) is 2. The van der Waals surface area contributed by atoms with Gasteiger partial charge in [0.15, 0.2) is 6.61 Å². The van der Waals surface area contributed by atoms with Crippen molar-refractivity contribution in [2.45, 2.75) is 24.9 Å². The van der Waals surface area contributed by atoms with Crippen molar-refractivity contribution in [1.29, 1.82) is 0 Å². The van der Waals surface area contributed by atoms with Crippen LogP contribution in [0.25, 0.3) is 0 Å². The molecule has 0 bridgehead atoms. The maximum Gasteiger partial charge on any atom is 0.416 e. The normalized spacial score (nSPS) is 11.9. The van der Waals surface area contributed by atoms with Gasteiger partial charge in [0.2, 0.25) is 10.0 Å². The van der Waals surface area contributed by atoms with Gasteiger partial charge in [-0.2, -0.15) is 13.2 Å². The van der Waals surface area contributed by atoms with E-state index in [0.29, 0.717) is 11.1 Å². The smallest absolute Gasteiger partial charge is 0.416 e. The van der Waals surface area contributed by atoms with Gasteiger partial charge in [0, 0.05) is 5.69 Å². The van der Waals surface area contributed by atoms with Gasteiger partial charge in [0.25, 0.3) is 5.91 Å². The first-order valence-electron chi connectivity index (χ1n) is 7.62. The fourth-order valence-electron chi connectivity index (χ4n) is 2.22. The van der Waals surface area contributed by atoms with E-state index in [-0.39, 0.29) is 16.3 Å². The number of nitrogens with two attached hydrogens (primary N) is 1. The molecular formula is C17H17F3N2O4S. The molecule has 2 aromatic carbocycles. The van der Waals surface area contributed by atoms with E-state index >= 15 is 0 Å². The first kappa shape index (κ1) is 20.7. The molecule has 0 spiro atoms. The van der Waals surface area contributed by atoms with Crippen molar-refractivity contribution in [2.75, 3.05) is 11.9 Å². The number of hydrogen-bond acceptors (Lipinski definition) is 4. The SMILES string of the molecule is Cc1cc(S(N)(=O)=O)cc(NC(=O)COc2cccc(C(F)(F)F)c2)c1C. The zero-order valence-electron chi connectivity index (χ0n) is 14.4. The summed E-state index contributed by atoms with van der Waals surface area (Å²) in [6.07, 6.45) is -4.52. The standard InChI is InChI=1S/C17H17F3N2O4S/c1-10-6-14(27(21,24)25)8-15(11(10)2)22-16(23)9-26-13-5-3-4-12(7-13)17(18,19)20/h3-8H,9H2,1-2H3,(H,22,23)(H2,21,24,25). The van der Waals surface area contributed by atoms with Crippen LogP contribution in [-0.4, -0.2) is 20.9 Å². The highest BCUT2D eigenvalue weighted by Gasteiger charge is 2.30. The van der Waals surface area contributed by atoms with Gasteiger partial charge in [-0.1, -0.05) is 6.07 Å². The van der Waals surface area contributed by atoms with E-state index in [4.69, 9.17) is 9.88 Å². The number of primary sulfonamides is 1. The zero-order valence-corrected chi connectivity index (χ0v) is 15.2. The molecule has 146 valence electrons. The van der Waals surface area contributed by atoms with E-state index in [1.165, 1.54) is 24.3 Å². The molecule has 0 aliphatic carbocycles. The molecule has 2 rings (SSSR count). The summed E-state index contributed by atoms with van der Waals surface area (Å²) >= 11 is 0. The van der Waals surface area contributed by atoms with E-state index in [1.54, 1.807) is 13.8 Å². The molecule has 10 heteroatoms. The molecule has 0 heterocycles. The fourth-order valence-corrected chi connectivity index (χ4v) is 2.84. The second kappa shape index (κ2) is 7.57. The molecule has 1 amide bonds. The number of carbonyl (C=O) groups is 1. The van der Waals surface area contributed by atoms with Gasteiger partial charge >= 0.3 is 6.18 Å². The number of halogens is 3. The molecule has 0 unspecified atom stereocenters. The molecule has 0 radical (unpaired) electrons. The predicted molar refractivity (Wildman–Crippen MR) is 92.9 cm³/mol. The highest BCUT2D eigenvalue weighted by molar-refractivity contribution is 7.89. The number of alkyl halides is 3. The summed E-state index contributed by atoms with van der Waals surface area (Å²) in [6.45, 7) is 2.77. The summed E-state index contributed by atoms with van der Waals surface area (Å²) in [4.78, 5) is 11.9. The molecule has 3 N–H and O–H groups in total. The Morgan fingerprint density at radius 1 is 1.19 bits per heavy atom. The van der Waals surface area contributed by atoms with Gasteiger partial charge in [-0.25, -0.2) is 13.6 Å². The maximum atomic E-state index is 12.7. The lowest BCUT2D eigenvalue weighted by Crippen LogP contribution is -2.21. The Labute approximate surface area is 154 Å². The van der Waals surface area contributed by atoms with Crippen molar-refractivity contribution < 1.29 is 31.1 Å². The molecule has 0 saturated carbocycles. The molecule has 0 aliphatic heterocycles. The molecular weight excluding hydrogens is 385 g/mol. The van der Waals surface area contributed by atoms with Gasteiger partial charge in [-0.3, -0.25) is 4.79 Å². The Morgan fingerprint density at radius 2 is 1.85 bits per heavy atom. The van der Waals surface area contributed by atoms with Crippen LogP contribution in [0.3, 0.4) is 0 Å².